The molecular weight excluding hydrogens is 376 g/mol. The number of benzene rings is 1. The third kappa shape index (κ3) is 5.19. The Balaban J connectivity index is 1.56. The summed E-state index contributed by atoms with van der Waals surface area (Å²) in [6.07, 6.45) is 5.55. The summed E-state index contributed by atoms with van der Waals surface area (Å²) in [6.45, 7) is 1.92. The van der Waals surface area contributed by atoms with Gasteiger partial charge in [-0.2, -0.15) is 0 Å². The zero-order valence-electron chi connectivity index (χ0n) is 16.7. The lowest BCUT2D eigenvalue weighted by Crippen LogP contribution is -2.37. The van der Waals surface area contributed by atoms with E-state index >= 15 is 0 Å². The number of ether oxygens (including phenoxy) is 2. The molecule has 1 heterocycles. The highest BCUT2D eigenvalue weighted by Crippen LogP contribution is 2.30. The van der Waals surface area contributed by atoms with Gasteiger partial charge in [-0.3, -0.25) is 4.79 Å². The largest absolute Gasteiger partial charge is 0.493 e. The van der Waals surface area contributed by atoms with Crippen LogP contribution in [0.2, 0.25) is 0 Å². The van der Waals surface area contributed by atoms with Crippen LogP contribution in [-0.4, -0.2) is 39.6 Å². The lowest BCUT2D eigenvalue weighted by Gasteiger charge is -2.22. The van der Waals surface area contributed by atoms with E-state index in [0.29, 0.717) is 34.3 Å². The van der Waals surface area contributed by atoms with Crippen LogP contribution in [0.1, 0.15) is 51.0 Å². The van der Waals surface area contributed by atoms with E-state index in [1.807, 2.05) is 42.8 Å². The van der Waals surface area contributed by atoms with Crippen LogP contribution in [0.15, 0.2) is 29.4 Å². The quantitative estimate of drug-likeness (QED) is 0.679. The highest BCUT2D eigenvalue weighted by molar-refractivity contribution is 7.99. The number of carbonyl (C=O) groups is 1. The smallest absolute Gasteiger partial charge is 0.230 e. The SMILES string of the molecule is COc1ccccc1OC(C)c1nnc(SCC(=O)NC2CCCCC2)n1C. The minimum absolute atomic E-state index is 0.0553. The molecule has 3 rings (SSSR count). The molecule has 0 saturated heterocycles. The molecule has 1 atom stereocenters. The van der Waals surface area contributed by atoms with Crippen LogP contribution in [0.3, 0.4) is 0 Å². The molecule has 1 aliphatic rings. The average molecular weight is 405 g/mol. The van der Waals surface area contributed by atoms with E-state index in [4.69, 9.17) is 9.47 Å². The third-order valence-corrected chi connectivity index (χ3v) is 5.93. The molecule has 7 nitrogen and oxygen atoms in total. The van der Waals surface area contributed by atoms with E-state index < -0.39 is 0 Å². The fourth-order valence-electron chi connectivity index (χ4n) is 3.41. The molecule has 152 valence electrons. The highest BCUT2D eigenvalue weighted by Gasteiger charge is 2.20. The van der Waals surface area contributed by atoms with Crippen LogP contribution in [0.5, 0.6) is 11.5 Å². The Hall–Kier alpha value is -2.22. The molecule has 1 unspecified atom stereocenters. The molecule has 1 saturated carbocycles. The molecule has 1 fully saturated rings. The Labute approximate surface area is 170 Å². The highest BCUT2D eigenvalue weighted by atomic mass is 32.2. The monoisotopic (exact) mass is 404 g/mol. The van der Waals surface area contributed by atoms with Crippen molar-refractivity contribution in [1.82, 2.24) is 20.1 Å². The first-order valence-corrected chi connectivity index (χ1v) is 10.7. The second-order valence-electron chi connectivity index (χ2n) is 7.00. The fourth-order valence-corrected chi connectivity index (χ4v) is 4.14. The van der Waals surface area contributed by atoms with Gasteiger partial charge in [0.25, 0.3) is 0 Å². The van der Waals surface area contributed by atoms with E-state index in [1.54, 1.807) is 7.11 Å². The van der Waals surface area contributed by atoms with Gasteiger partial charge in [0.05, 0.1) is 12.9 Å². The summed E-state index contributed by atoms with van der Waals surface area (Å²) in [6, 6.07) is 7.83. The number of methoxy groups -OCH3 is 1. The van der Waals surface area contributed by atoms with E-state index in [0.717, 1.165) is 12.8 Å². The van der Waals surface area contributed by atoms with Gasteiger partial charge in [-0.25, -0.2) is 0 Å². The van der Waals surface area contributed by atoms with Gasteiger partial charge in [0.15, 0.2) is 28.6 Å². The Morgan fingerprint density at radius 1 is 1.25 bits per heavy atom. The van der Waals surface area contributed by atoms with Crippen molar-refractivity contribution in [3.05, 3.63) is 30.1 Å². The van der Waals surface area contributed by atoms with Crippen molar-refractivity contribution in [3.63, 3.8) is 0 Å². The van der Waals surface area contributed by atoms with Crippen molar-refractivity contribution in [2.45, 2.75) is 56.3 Å². The molecule has 1 aromatic heterocycles. The zero-order chi connectivity index (χ0) is 19.9. The van der Waals surface area contributed by atoms with Crippen LogP contribution in [0.4, 0.5) is 0 Å². The molecule has 0 spiro atoms. The first-order valence-electron chi connectivity index (χ1n) is 9.69. The second kappa shape index (κ2) is 9.82. The van der Waals surface area contributed by atoms with Crippen molar-refractivity contribution in [1.29, 1.82) is 0 Å². The predicted molar refractivity (Wildman–Crippen MR) is 109 cm³/mol. The maximum Gasteiger partial charge on any atom is 0.230 e. The topological polar surface area (TPSA) is 78.3 Å². The van der Waals surface area contributed by atoms with Gasteiger partial charge in [0.2, 0.25) is 5.91 Å². The van der Waals surface area contributed by atoms with Gasteiger partial charge in [-0.15, -0.1) is 10.2 Å². The van der Waals surface area contributed by atoms with E-state index in [2.05, 4.69) is 15.5 Å². The van der Waals surface area contributed by atoms with Crippen molar-refractivity contribution in [2.75, 3.05) is 12.9 Å². The zero-order valence-corrected chi connectivity index (χ0v) is 17.5. The van der Waals surface area contributed by atoms with Crippen molar-refractivity contribution < 1.29 is 14.3 Å². The van der Waals surface area contributed by atoms with Crippen molar-refractivity contribution in [3.8, 4) is 11.5 Å². The third-order valence-electron chi connectivity index (χ3n) is 4.91. The lowest BCUT2D eigenvalue weighted by atomic mass is 9.95. The van der Waals surface area contributed by atoms with Crippen LogP contribution in [0.25, 0.3) is 0 Å². The van der Waals surface area contributed by atoms with Crippen LogP contribution >= 0.6 is 11.8 Å². The molecular formula is C20H28N4O3S. The minimum Gasteiger partial charge on any atom is -0.493 e. The lowest BCUT2D eigenvalue weighted by molar-refractivity contribution is -0.119. The average Bonchev–Trinajstić information content (AvgIpc) is 3.08. The second-order valence-corrected chi connectivity index (χ2v) is 7.94. The Bertz CT molecular complexity index is 790. The summed E-state index contributed by atoms with van der Waals surface area (Å²) in [5, 5.41) is 12.3. The molecule has 1 aromatic carbocycles. The Morgan fingerprint density at radius 2 is 1.96 bits per heavy atom. The molecule has 1 amide bonds. The normalized spacial score (nSPS) is 15.8. The number of nitrogens with one attached hydrogen (secondary N) is 1. The summed E-state index contributed by atoms with van der Waals surface area (Å²) in [4.78, 5) is 12.2. The number of thioether (sulfide) groups is 1. The summed E-state index contributed by atoms with van der Waals surface area (Å²) < 4.78 is 13.2. The summed E-state index contributed by atoms with van der Waals surface area (Å²) in [7, 11) is 3.50. The number of para-hydroxylation sites is 2. The van der Waals surface area contributed by atoms with Gasteiger partial charge in [-0.1, -0.05) is 43.2 Å². The molecule has 28 heavy (non-hydrogen) atoms. The standard InChI is InChI=1S/C20H28N4O3S/c1-14(27-17-12-8-7-11-16(17)26-3)19-22-23-20(24(19)2)28-13-18(25)21-15-9-5-4-6-10-15/h7-8,11-12,14-15H,4-6,9-10,13H2,1-3H3,(H,21,25). The molecule has 2 aromatic rings. The summed E-state index contributed by atoms with van der Waals surface area (Å²) in [5.74, 6) is 2.41. The van der Waals surface area contributed by atoms with Gasteiger partial charge < -0.3 is 19.4 Å². The maximum atomic E-state index is 12.2. The number of aromatic nitrogens is 3. The first-order chi connectivity index (χ1) is 13.6. The molecule has 8 heteroatoms. The molecule has 0 radical (unpaired) electrons. The van der Waals surface area contributed by atoms with E-state index in [-0.39, 0.29) is 12.0 Å². The summed E-state index contributed by atoms with van der Waals surface area (Å²) in [5.41, 5.74) is 0. The van der Waals surface area contributed by atoms with E-state index in [1.165, 1.54) is 31.0 Å². The van der Waals surface area contributed by atoms with Crippen LogP contribution in [-0.2, 0) is 11.8 Å². The van der Waals surface area contributed by atoms with E-state index in [9.17, 15) is 4.79 Å². The Morgan fingerprint density at radius 3 is 2.68 bits per heavy atom. The van der Waals surface area contributed by atoms with Crippen molar-refractivity contribution >= 4 is 17.7 Å². The van der Waals surface area contributed by atoms with Crippen LogP contribution < -0.4 is 14.8 Å². The first kappa shape index (κ1) is 20.5. The van der Waals surface area contributed by atoms with Gasteiger partial charge in [0.1, 0.15) is 0 Å². The maximum absolute atomic E-state index is 12.2. The van der Waals surface area contributed by atoms with Gasteiger partial charge in [-0.05, 0) is 31.9 Å². The van der Waals surface area contributed by atoms with Gasteiger partial charge in [0, 0.05) is 13.1 Å². The predicted octanol–water partition coefficient (Wildman–Crippen LogP) is 3.50. The number of nitrogens with zero attached hydrogens (tertiary/aromatic N) is 3. The minimum atomic E-state index is -0.306. The van der Waals surface area contributed by atoms with Crippen molar-refractivity contribution in [2.24, 2.45) is 7.05 Å². The molecule has 1 N–H and O–H groups in total. The molecule has 1 aliphatic carbocycles. The fraction of sp³-hybridized carbons (Fsp3) is 0.550. The number of rotatable bonds is 8. The van der Waals surface area contributed by atoms with Crippen LogP contribution in [0, 0.1) is 0 Å². The molecule has 0 bridgehead atoms. The summed E-state index contributed by atoms with van der Waals surface area (Å²) >= 11 is 1.39. The number of hydrogen-bond acceptors (Lipinski definition) is 6. The number of carbonyl (C=O) groups excluding carboxylic acids is 1. The van der Waals surface area contributed by atoms with Gasteiger partial charge >= 0.3 is 0 Å². The molecule has 0 aliphatic heterocycles. The number of amides is 1. The number of hydrogen-bond donors (Lipinski definition) is 1. The Kier molecular flexibility index (Phi) is 7.19.